The van der Waals surface area contributed by atoms with Gasteiger partial charge in [-0.05, 0) is 32.7 Å². The Balaban J connectivity index is 2.30. The van der Waals surface area contributed by atoms with Crippen molar-refractivity contribution in [1.82, 2.24) is 10.2 Å². The quantitative estimate of drug-likeness (QED) is 0.694. The van der Waals surface area contributed by atoms with Crippen molar-refractivity contribution < 1.29 is 9.90 Å². The zero-order chi connectivity index (χ0) is 11.3. The number of nitrogens with zero attached hydrogens (tertiary/aromatic N) is 1. The summed E-state index contributed by atoms with van der Waals surface area (Å²) in [6.45, 7) is 5.58. The standard InChI is InChI=1S/C11H22N2O2/c1-3-9(2)12-11(15)7-13-6-4-5-10(13)8-14/h9-10,14H,3-8H2,1-2H3,(H,12,15). The van der Waals surface area contributed by atoms with E-state index in [0.29, 0.717) is 6.54 Å². The van der Waals surface area contributed by atoms with Crippen LogP contribution >= 0.6 is 0 Å². The third-order valence-electron chi connectivity index (χ3n) is 3.08. The van der Waals surface area contributed by atoms with Gasteiger partial charge in [0.15, 0.2) is 0 Å². The van der Waals surface area contributed by atoms with Gasteiger partial charge in [0.25, 0.3) is 0 Å². The maximum absolute atomic E-state index is 11.6. The van der Waals surface area contributed by atoms with Gasteiger partial charge in [0, 0.05) is 12.1 Å². The average molecular weight is 214 g/mol. The minimum Gasteiger partial charge on any atom is -0.395 e. The van der Waals surface area contributed by atoms with Gasteiger partial charge in [-0.3, -0.25) is 9.69 Å². The summed E-state index contributed by atoms with van der Waals surface area (Å²) in [4.78, 5) is 13.7. The van der Waals surface area contributed by atoms with E-state index in [2.05, 4.69) is 17.1 Å². The number of carbonyl (C=O) groups excluding carboxylic acids is 1. The Hall–Kier alpha value is -0.610. The molecule has 1 aliphatic heterocycles. The first-order valence-electron chi connectivity index (χ1n) is 5.81. The molecule has 1 rings (SSSR count). The molecule has 4 heteroatoms. The van der Waals surface area contributed by atoms with E-state index < -0.39 is 0 Å². The van der Waals surface area contributed by atoms with Crippen molar-refractivity contribution in [3.05, 3.63) is 0 Å². The van der Waals surface area contributed by atoms with E-state index in [4.69, 9.17) is 5.11 Å². The molecule has 1 aliphatic rings. The number of amides is 1. The van der Waals surface area contributed by atoms with Crippen molar-refractivity contribution in [2.24, 2.45) is 0 Å². The van der Waals surface area contributed by atoms with E-state index in [0.717, 1.165) is 25.8 Å². The second kappa shape index (κ2) is 6.08. The molecule has 1 saturated heterocycles. The van der Waals surface area contributed by atoms with E-state index in [1.54, 1.807) is 0 Å². The van der Waals surface area contributed by atoms with Crippen LogP contribution in [-0.4, -0.2) is 47.7 Å². The number of aliphatic hydroxyl groups is 1. The van der Waals surface area contributed by atoms with Crippen LogP contribution in [0.2, 0.25) is 0 Å². The summed E-state index contributed by atoms with van der Waals surface area (Å²) < 4.78 is 0. The summed E-state index contributed by atoms with van der Waals surface area (Å²) in [6, 6.07) is 0.431. The minimum atomic E-state index is 0.0738. The van der Waals surface area contributed by atoms with Gasteiger partial charge in [-0.1, -0.05) is 6.92 Å². The lowest BCUT2D eigenvalue weighted by atomic mass is 10.2. The molecule has 15 heavy (non-hydrogen) atoms. The molecule has 1 heterocycles. The number of hydrogen-bond donors (Lipinski definition) is 2. The van der Waals surface area contributed by atoms with Crippen LogP contribution in [0.3, 0.4) is 0 Å². The molecule has 0 saturated carbocycles. The van der Waals surface area contributed by atoms with E-state index in [1.807, 2.05) is 6.92 Å². The Morgan fingerprint density at radius 2 is 2.40 bits per heavy atom. The van der Waals surface area contributed by atoms with Crippen LogP contribution < -0.4 is 5.32 Å². The van der Waals surface area contributed by atoms with Gasteiger partial charge >= 0.3 is 0 Å². The smallest absolute Gasteiger partial charge is 0.234 e. The topological polar surface area (TPSA) is 52.6 Å². The molecule has 88 valence electrons. The highest BCUT2D eigenvalue weighted by Gasteiger charge is 2.25. The van der Waals surface area contributed by atoms with Crippen LogP contribution in [0.25, 0.3) is 0 Å². The molecule has 1 amide bonds. The number of nitrogens with one attached hydrogen (secondary N) is 1. The van der Waals surface area contributed by atoms with Crippen LogP contribution in [0.5, 0.6) is 0 Å². The van der Waals surface area contributed by atoms with Gasteiger partial charge < -0.3 is 10.4 Å². The summed E-state index contributed by atoms with van der Waals surface area (Å²) in [5.41, 5.74) is 0. The molecular formula is C11H22N2O2. The largest absolute Gasteiger partial charge is 0.395 e. The summed E-state index contributed by atoms with van der Waals surface area (Å²) >= 11 is 0. The molecule has 1 fully saturated rings. The molecule has 0 aromatic rings. The average Bonchev–Trinajstić information content (AvgIpc) is 2.64. The van der Waals surface area contributed by atoms with Crippen molar-refractivity contribution in [3.8, 4) is 0 Å². The van der Waals surface area contributed by atoms with E-state index >= 15 is 0 Å². The highest BCUT2D eigenvalue weighted by atomic mass is 16.3. The predicted molar refractivity (Wildman–Crippen MR) is 59.6 cm³/mol. The fourth-order valence-electron chi connectivity index (χ4n) is 1.92. The van der Waals surface area contributed by atoms with E-state index in [-0.39, 0.29) is 24.6 Å². The first-order chi connectivity index (χ1) is 7.17. The van der Waals surface area contributed by atoms with Gasteiger partial charge in [0.1, 0.15) is 0 Å². The monoisotopic (exact) mass is 214 g/mol. The zero-order valence-electron chi connectivity index (χ0n) is 9.70. The fourth-order valence-corrected chi connectivity index (χ4v) is 1.92. The molecule has 0 bridgehead atoms. The van der Waals surface area contributed by atoms with Crippen molar-refractivity contribution in [2.75, 3.05) is 19.7 Å². The third-order valence-corrected chi connectivity index (χ3v) is 3.08. The van der Waals surface area contributed by atoms with Crippen LogP contribution in [0.4, 0.5) is 0 Å². The van der Waals surface area contributed by atoms with Crippen molar-refractivity contribution in [3.63, 3.8) is 0 Å². The second-order valence-electron chi connectivity index (χ2n) is 4.33. The highest BCUT2D eigenvalue weighted by Crippen LogP contribution is 2.15. The third kappa shape index (κ3) is 3.80. The van der Waals surface area contributed by atoms with Crippen molar-refractivity contribution in [1.29, 1.82) is 0 Å². The zero-order valence-corrected chi connectivity index (χ0v) is 9.70. The maximum Gasteiger partial charge on any atom is 0.234 e. The number of carbonyl (C=O) groups is 1. The lowest BCUT2D eigenvalue weighted by Gasteiger charge is -2.22. The molecule has 0 radical (unpaired) electrons. The molecule has 0 spiro atoms. The first-order valence-corrected chi connectivity index (χ1v) is 5.81. The lowest BCUT2D eigenvalue weighted by Crippen LogP contribution is -2.43. The SMILES string of the molecule is CCC(C)NC(=O)CN1CCCC1CO. The summed E-state index contributed by atoms with van der Waals surface area (Å²) in [7, 11) is 0. The molecule has 0 aromatic carbocycles. The van der Waals surface area contributed by atoms with Gasteiger partial charge in [0.2, 0.25) is 5.91 Å². The van der Waals surface area contributed by atoms with Gasteiger partial charge in [-0.25, -0.2) is 0 Å². The van der Waals surface area contributed by atoms with E-state index in [9.17, 15) is 4.79 Å². The Labute approximate surface area is 91.6 Å². The lowest BCUT2D eigenvalue weighted by molar-refractivity contribution is -0.123. The van der Waals surface area contributed by atoms with Gasteiger partial charge in [-0.2, -0.15) is 0 Å². The molecule has 0 aromatic heterocycles. The van der Waals surface area contributed by atoms with Crippen LogP contribution in [0.1, 0.15) is 33.1 Å². The molecule has 2 N–H and O–H groups in total. The maximum atomic E-state index is 11.6. The number of likely N-dealkylation sites (tertiary alicyclic amines) is 1. The Morgan fingerprint density at radius 3 is 3.00 bits per heavy atom. The summed E-state index contributed by atoms with van der Waals surface area (Å²) in [6.07, 6.45) is 3.05. The highest BCUT2D eigenvalue weighted by molar-refractivity contribution is 5.78. The molecule has 0 aliphatic carbocycles. The number of rotatable bonds is 5. The van der Waals surface area contributed by atoms with Crippen molar-refractivity contribution in [2.45, 2.75) is 45.2 Å². The normalized spacial score (nSPS) is 24.1. The van der Waals surface area contributed by atoms with Crippen molar-refractivity contribution >= 4 is 5.91 Å². The Morgan fingerprint density at radius 1 is 1.67 bits per heavy atom. The summed E-state index contributed by atoms with van der Waals surface area (Å²) in [5, 5.41) is 12.0. The van der Waals surface area contributed by atoms with E-state index in [1.165, 1.54) is 0 Å². The first kappa shape index (κ1) is 12.5. The summed E-state index contributed by atoms with van der Waals surface area (Å²) in [5.74, 6) is 0.0738. The van der Waals surface area contributed by atoms with Gasteiger partial charge in [0.05, 0.1) is 13.2 Å². The second-order valence-corrected chi connectivity index (χ2v) is 4.33. The Bertz CT molecular complexity index is 209. The predicted octanol–water partition coefficient (Wildman–Crippen LogP) is 0.358. The van der Waals surface area contributed by atoms with Crippen LogP contribution in [0.15, 0.2) is 0 Å². The molecule has 2 atom stereocenters. The molecular weight excluding hydrogens is 192 g/mol. The number of aliphatic hydroxyl groups excluding tert-OH is 1. The van der Waals surface area contributed by atoms with Crippen LogP contribution in [-0.2, 0) is 4.79 Å². The number of hydrogen-bond acceptors (Lipinski definition) is 3. The minimum absolute atomic E-state index is 0.0738. The van der Waals surface area contributed by atoms with Gasteiger partial charge in [-0.15, -0.1) is 0 Å². The fraction of sp³-hybridized carbons (Fsp3) is 0.909. The van der Waals surface area contributed by atoms with Crippen LogP contribution in [0, 0.1) is 0 Å². The molecule has 4 nitrogen and oxygen atoms in total. The molecule has 2 unspecified atom stereocenters. The Kier molecular flexibility index (Phi) is 5.05.